The van der Waals surface area contributed by atoms with E-state index < -0.39 is 0 Å². The molecule has 1 N–H and O–H groups in total. The number of fused-ring (bicyclic) bond motifs is 1. The maximum Gasteiger partial charge on any atom is 0.232 e. The van der Waals surface area contributed by atoms with E-state index in [0.717, 1.165) is 28.0 Å². The molecule has 0 bridgehead atoms. The molecule has 4 rings (SSSR count). The molecule has 0 unspecified atom stereocenters. The number of halogens is 1. The minimum absolute atomic E-state index is 0.393. The molecule has 0 aliphatic carbocycles. The average molecular weight is 390 g/mol. The van der Waals surface area contributed by atoms with E-state index in [1.807, 2.05) is 55.6 Å². The van der Waals surface area contributed by atoms with Gasteiger partial charge in [-0.15, -0.1) is 5.10 Å². The lowest BCUT2D eigenvalue weighted by Gasteiger charge is -2.26. The van der Waals surface area contributed by atoms with E-state index in [4.69, 9.17) is 16.3 Å². The fourth-order valence-corrected chi connectivity index (χ4v) is 3.34. The Labute approximate surface area is 169 Å². The van der Waals surface area contributed by atoms with Gasteiger partial charge in [0.05, 0.1) is 11.4 Å². The first kappa shape index (κ1) is 18.1. The number of nitrogens with zero attached hydrogens (tertiary/aromatic N) is 2. The number of aromatic amines is 1. The normalized spacial score (nSPS) is 14.5. The minimum Gasteiger partial charge on any atom is -0.472 e. The molecule has 0 radical (unpaired) electrons. The first-order chi connectivity index (χ1) is 13.6. The number of rotatable bonds is 4. The van der Waals surface area contributed by atoms with Crippen LogP contribution in [0, 0.1) is 0 Å². The summed E-state index contributed by atoms with van der Waals surface area (Å²) in [5.41, 5.74) is 4.83. The predicted octanol–water partition coefficient (Wildman–Crippen LogP) is 6.10. The summed E-state index contributed by atoms with van der Waals surface area (Å²) in [6, 6.07) is 15.9. The number of hydrogen-bond acceptors (Lipinski definition) is 3. The highest BCUT2D eigenvalue weighted by Crippen LogP contribution is 2.28. The summed E-state index contributed by atoms with van der Waals surface area (Å²) < 4.78 is 5.88. The SMILES string of the molecule is C=C1C=CC(OCc2cccc(Cl)c2)=NN1/C(=C\C)c1ccc2cc[nH]c2c1. The Morgan fingerprint density at radius 2 is 2.11 bits per heavy atom. The molecule has 4 nitrogen and oxygen atoms in total. The van der Waals surface area contributed by atoms with E-state index in [0.29, 0.717) is 17.5 Å². The Morgan fingerprint density at radius 3 is 2.93 bits per heavy atom. The second-order valence-corrected chi connectivity index (χ2v) is 6.88. The van der Waals surface area contributed by atoms with Crippen molar-refractivity contribution in [3.05, 3.63) is 101 Å². The Hall–Kier alpha value is -3.24. The number of H-pyrrole nitrogens is 1. The van der Waals surface area contributed by atoms with E-state index in [9.17, 15) is 0 Å². The van der Waals surface area contributed by atoms with Crippen molar-refractivity contribution in [2.45, 2.75) is 13.5 Å². The second kappa shape index (κ2) is 7.79. The van der Waals surface area contributed by atoms with Crippen molar-refractivity contribution < 1.29 is 4.74 Å². The van der Waals surface area contributed by atoms with Crippen molar-refractivity contribution in [3.63, 3.8) is 0 Å². The zero-order valence-electron chi connectivity index (χ0n) is 15.5. The summed E-state index contributed by atoms with van der Waals surface area (Å²) in [6.07, 6.45) is 7.68. The highest BCUT2D eigenvalue weighted by atomic mass is 35.5. The van der Waals surface area contributed by atoms with Crippen molar-refractivity contribution in [2.75, 3.05) is 0 Å². The lowest BCUT2D eigenvalue weighted by molar-refractivity contribution is 0.284. The average Bonchev–Trinajstić information content (AvgIpc) is 3.17. The number of ether oxygens (including phenoxy) is 1. The maximum absolute atomic E-state index is 6.04. The lowest BCUT2D eigenvalue weighted by atomic mass is 10.1. The molecule has 0 fully saturated rings. The summed E-state index contributed by atoms with van der Waals surface area (Å²) in [7, 11) is 0. The molecule has 0 amide bonds. The van der Waals surface area contributed by atoms with Gasteiger partial charge in [0.1, 0.15) is 6.61 Å². The number of hydrogen-bond donors (Lipinski definition) is 1. The van der Waals surface area contributed by atoms with Gasteiger partial charge in [-0.3, -0.25) is 0 Å². The van der Waals surface area contributed by atoms with Gasteiger partial charge in [0.2, 0.25) is 5.90 Å². The van der Waals surface area contributed by atoms with E-state index in [-0.39, 0.29) is 0 Å². The van der Waals surface area contributed by atoms with Crippen LogP contribution in [0.4, 0.5) is 0 Å². The van der Waals surface area contributed by atoms with Crippen LogP contribution in [-0.2, 0) is 11.3 Å². The number of nitrogens with one attached hydrogen (secondary N) is 1. The van der Waals surface area contributed by atoms with Gasteiger partial charge in [-0.2, -0.15) is 0 Å². The molecule has 0 saturated heterocycles. The molecule has 28 heavy (non-hydrogen) atoms. The molecular weight excluding hydrogens is 370 g/mol. The zero-order chi connectivity index (χ0) is 19.5. The van der Waals surface area contributed by atoms with E-state index in [1.165, 1.54) is 5.39 Å². The topological polar surface area (TPSA) is 40.6 Å². The molecule has 3 aromatic rings. The molecule has 0 saturated carbocycles. The van der Waals surface area contributed by atoms with Gasteiger partial charge in [-0.1, -0.05) is 48.5 Å². The lowest BCUT2D eigenvalue weighted by Crippen LogP contribution is -2.20. The molecule has 1 aliphatic rings. The number of hydrazone groups is 1. The van der Waals surface area contributed by atoms with Gasteiger partial charge < -0.3 is 9.72 Å². The first-order valence-electron chi connectivity index (χ1n) is 9.01. The fraction of sp³-hybridized carbons (Fsp3) is 0.0870. The Kier molecular flexibility index (Phi) is 5.04. The Balaban J connectivity index is 1.57. The molecule has 5 heteroatoms. The molecule has 0 atom stereocenters. The van der Waals surface area contributed by atoms with Crippen LogP contribution >= 0.6 is 11.6 Å². The zero-order valence-corrected chi connectivity index (χ0v) is 16.3. The van der Waals surface area contributed by atoms with Gasteiger partial charge in [0.25, 0.3) is 0 Å². The van der Waals surface area contributed by atoms with Crippen molar-refractivity contribution in [1.82, 2.24) is 9.99 Å². The number of aromatic nitrogens is 1. The van der Waals surface area contributed by atoms with Crippen molar-refractivity contribution in [2.24, 2.45) is 5.10 Å². The molecule has 1 aliphatic heterocycles. The van der Waals surface area contributed by atoms with Gasteiger partial charge in [0, 0.05) is 28.4 Å². The molecule has 0 spiro atoms. The smallest absolute Gasteiger partial charge is 0.232 e. The fourth-order valence-electron chi connectivity index (χ4n) is 3.12. The maximum atomic E-state index is 6.04. The second-order valence-electron chi connectivity index (χ2n) is 6.45. The van der Waals surface area contributed by atoms with E-state index in [2.05, 4.69) is 40.9 Å². The molecule has 2 aromatic carbocycles. The van der Waals surface area contributed by atoms with Gasteiger partial charge >= 0.3 is 0 Å². The van der Waals surface area contributed by atoms with Crippen LogP contribution < -0.4 is 0 Å². The van der Waals surface area contributed by atoms with Crippen LogP contribution in [0.25, 0.3) is 16.6 Å². The van der Waals surface area contributed by atoms with Crippen molar-refractivity contribution >= 4 is 34.1 Å². The monoisotopic (exact) mass is 389 g/mol. The van der Waals surface area contributed by atoms with Crippen molar-refractivity contribution in [3.8, 4) is 0 Å². The molecule has 1 aromatic heterocycles. The molecular formula is C23H20ClN3O. The Bertz CT molecular complexity index is 1120. The van der Waals surface area contributed by atoms with Crippen LogP contribution in [0.3, 0.4) is 0 Å². The van der Waals surface area contributed by atoms with Crippen LogP contribution in [0.5, 0.6) is 0 Å². The summed E-state index contributed by atoms with van der Waals surface area (Å²) in [5.74, 6) is 0.521. The van der Waals surface area contributed by atoms with Crippen molar-refractivity contribution in [1.29, 1.82) is 0 Å². The van der Waals surface area contributed by atoms with Crippen LogP contribution in [0.2, 0.25) is 5.02 Å². The number of allylic oxidation sites excluding steroid dienone is 2. The van der Waals surface area contributed by atoms with Gasteiger partial charge in [-0.25, -0.2) is 5.01 Å². The first-order valence-corrected chi connectivity index (χ1v) is 9.38. The third kappa shape index (κ3) is 3.73. The predicted molar refractivity (Wildman–Crippen MR) is 116 cm³/mol. The van der Waals surface area contributed by atoms with E-state index in [1.54, 1.807) is 5.01 Å². The molecule has 140 valence electrons. The Morgan fingerprint density at radius 1 is 1.21 bits per heavy atom. The standard InChI is InChI=1S/C23H20ClN3O/c1-3-22(19-9-8-18-11-12-25-21(18)14-19)27-16(2)7-10-23(26-27)28-15-17-5-4-6-20(24)13-17/h3-14,25H,2,15H2,1H3/b22-3-. The minimum atomic E-state index is 0.393. The highest BCUT2D eigenvalue weighted by Gasteiger charge is 2.18. The van der Waals surface area contributed by atoms with Gasteiger partial charge in [0.15, 0.2) is 0 Å². The highest BCUT2D eigenvalue weighted by molar-refractivity contribution is 6.30. The quantitative estimate of drug-likeness (QED) is 0.585. The molecule has 2 heterocycles. The van der Waals surface area contributed by atoms with Crippen LogP contribution in [-0.4, -0.2) is 15.9 Å². The number of benzene rings is 2. The third-order valence-electron chi connectivity index (χ3n) is 4.52. The van der Waals surface area contributed by atoms with E-state index >= 15 is 0 Å². The summed E-state index contributed by atoms with van der Waals surface area (Å²) in [5, 5.41) is 8.31. The third-order valence-corrected chi connectivity index (χ3v) is 4.75. The summed E-state index contributed by atoms with van der Waals surface area (Å²) in [4.78, 5) is 3.25. The van der Waals surface area contributed by atoms with Crippen LogP contribution in [0.15, 0.2) is 90.3 Å². The largest absolute Gasteiger partial charge is 0.472 e. The van der Waals surface area contributed by atoms with Crippen LogP contribution in [0.1, 0.15) is 18.1 Å². The van der Waals surface area contributed by atoms with Gasteiger partial charge in [-0.05, 0) is 48.2 Å². The summed E-state index contributed by atoms with van der Waals surface area (Å²) >= 11 is 6.04. The summed E-state index contributed by atoms with van der Waals surface area (Å²) in [6.45, 7) is 6.50.